The summed E-state index contributed by atoms with van der Waals surface area (Å²) in [5.41, 5.74) is 15.0. The lowest BCUT2D eigenvalue weighted by Gasteiger charge is -2.42. The molecule has 0 N–H and O–H groups in total. The van der Waals surface area contributed by atoms with E-state index in [1.807, 2.05) is 35.8 Å². The number of hydrogen-bond donors (Lipinski definition) is 0. The van der Waals surface area contributed by atoms with E-state index < -0.39 is 5.41 Å². The number of nitrogens with zero attached hydrogens (tertiary/aromatic N) is 5. The fourth-order valence-electron chi connectivity index (χ4n) is 10.6. The summed E-state index contributed by atoms with van der Waals surface area (Å²) in [6.45, 7) is 0. The Morgan fingerprint density at radius 3 is 2.00 bits per heavy atom. The maximum absolute atomic E-state index is 5.66. The second kappa shape index (κ2) is 14.6. The Hall–Kier alpha value is -7.84. The van der Waals surface area contributed by atoms with Gasteiger partial charge in [-0.1, -0.05) is 175 Å². The Bertz CT molecular complexity index is 3810. The number of anilines is 3. The Kier molecular flexibility index (Phi) is 8.30. The molecule has 3 aromatic heterocycles. The minimum atomic E-state index is -0.653. The van der Waals surface area contributed by atoms with Crippen LogP contribution in [0.3, 0.4) is 0 Å². The molecule has 308 valence electrons. The van der Waals surface area contributed by atoms with Crippen molar-refractivity contribution in [3.8, 4) is 45.3 Å². The van der Waals surface area contributed by atoms with Gasteiger partial charge < -0.3 is 4.90 Å². The van der Waals surface area contributed by atoms with E-state index in [2.05, 4.69) is 205 Å². The van der Waals surface area contributed by atoms with Crippen LogP contribution >= 0.6 is 23.5 Å². The molecular weight excluding hydrogens is 843 g/mol. The van der Waals surface area contributed by atoms with Gasteiger partial charge in [0.2, 0.25) is 0 Å². The van der Waals surface area contributed by atoms with Crippen molar-refractivity contribution in [1.29, 1.82) is 0 Å². The van der Waals surface area contributed by atoms with Crippen LogP contribution in [0.4, 0.5) is 17.1 Å². The van der Waals surface area contributed by atoms with Crippen molar-refractivity contribution in [2.75, 3.05) is 4.90 Å². The van der Waals surface area contributed by atoms with Crippen LogP contribution in [0.15, 0.2) is 232 Å². The van der Waals surface area contributed by atoms with Crippen molar-refractivity contribution in [3.05, 3.63) is 235 Å². The zero-order valence-electron chi connectivity index (χ0n) is 35.3. The number of aromatic nitrogens is 4. The Morgan fingerprint density at radius 2 is 1.08 bits per heavy atom. The highest BCUT2D eigenvalue weighted by molar-refractivity contribution is 8.02. The molecule has 1 spiro atoms. The summed E-state index contributed by atoms with van der Waals surface area (Å²) < 4.78 is 0. The molecule has 7 heteroatoms. The van der Waals surface area contributed by atoms with Gasteiger partial charge in [0.15, 0.2) is 5.82 Å². The van der Waals surface area contributed by atoms with Crippen molar-refractivity contribution in [3.63, 3.8) is 0 Å². The first kappa shape index (κ1) is 37.5. The molecule has 2 aliphatic heterocycles. The lowest BCUT2D eigenvalue weighted by atomic mass is 9.67. The van der Waals surface area contributed by atoms with Crippen molar-refractivity contribution >= 4 is 62.3 Å². The number of rotatable bonds is 4. The number of para-hydroxylation sites is 3. The van der Waals surface area contributed by atoms with Crippen molar-refractivity contribution in [2.24, 2.45) is 0 Å². The fraction of sp³-hybridized carbons (Fsp3) is 0.0169. The summed E-state index contributed by atoms with van der Waals surface area (Å²) in [4.78, 5) is 28.9. The van der Waals surface area contributed by atoms with Crippen molar-refractivity contribution < 1.29 is 0 Å². The van der Waals surface area contributed by atoms with E-state index in [0.717, 1.165) is 72.6 Å². The van der Waals surface area contributed by atoms with Crippen LogP contribution < -0.4 is 4.90 Å². The smallest absolute Gasteiger partial charge is 0.161 e. The highest BCUT2D eigenvalue weighted by atomic mass is 32.2. The third kappa shape index (κ3) is 5.38. The van der Waals surface area contributed by atoms with E-state index in [9.17, 15) is 0 Å². The minimum Gasteiger partial charge on any atom is -0.308 e. The summed E-state index contributed by atoms with van der Waals surface area (Å²) >= 11 is 3.75. The summed E-state index contributed by atoms with van der Waals surface area (Å²) in [6.07, 6.45) is 1.91. The van der Waals surface area contributed by atoms with Crippen LogP contribution in [0.2, 0.25) is 0 Å². The molecule has 1 unspecified atom stereocenters. The first-order chi connectivity index (χ1) is 32.7. The van der Waals surface area contributed by atoms with Crippen molar-refractivity contribution in [2.45, 2.75) is 25.0 Å². The molecule has 8 aromatic carbocycles. The second-order valence-electron chi connectivity index (χ2n) is 16.9. The molecular formula is C59H35N5S2. The average Bonchev–Trinajstić information content (AvgIpc) is 3.67. The largest absolute Gasteiger partial charge is 0.308 e. The highest BCUT2D eigenvalue weighted by Gasteiger charge is 2.52. The van der Waals surface area contributed by atoms with Crippen LogP contribution in [0.25, 0.3) is 67.0 Å². The zero-order chi connectivity index (χ0) is 43.3. The van der Waals surface area contributed by atoms with E-state index in [1.165, 1.54) is 47.5 Å². The topological polar surface area (TPSA) is 54.8 Å². The normalized spacial score (nSPS) is 15.2. The summed E-state index contributed by atoms with van der Waals surface area (Å²) in [5, 5.41) is 3.35. The SMILES string of the molecule is c1ccc(N2c3ccccc3Sc3c2ccc2c3Sc3ccccc3C23c2cccnc2-c2nc(-c4ccccc4-c4nc(-c5cccc6ccccc56)c5ccccc5n4)ccc23)cc1. The van der Waals surface area contributed by atoms with Gasteiger partial charge in [-0.3, -0.25) is 4.98 Å². The predicted molar refractivity (Wildman–Crippen MR) is 269 cm³/mol. The third-order valence-electron chi connectivity index (χ3n) is 13.4. The van der Waals surface area contributed by atoms with E-state index in [1.54, 1.807) is 0 Å². The lowest BCUT2D eigenvalue weighted by molar-refractivity contribution is 0.711. The molecule has 0 amide bonds. The fourth-order valence-corrected chi connectivity index (χ4v) is 13.2. The summed E-state index contributed by atoms with van der Waals surface area (Å²) in [6, 6.07) is 73.7. The predicted octanol–water partition coefficient (Wildman–Crippen LogP) is 15.3. The standard InChI is InChI=1S/C59H35N5S2/c1-2-18-37(19-3-1)64-49-28-11-13-30-52(49)66-57-50(64)34-32-46-56(57)65-51-29-12-9-25-43(51)59(46)44-26-15-35-60-54(44)55-45(59)31-33-48(61-55)39-21-6-7-22-41(39)58-62-47-27-10-8-23-42(47)53(63-58)40-24-14-17-36-16-4-5-20-38(36)40/h1-35H. The van der Waals surface area contributed by atoms with Crippen LogP contribution in [-0.2, 0) is 5.41 Å². The first-order valence-corrected chi connectivity index (χ1v) is 23.8. The quantitative estimate of drug-likeness (QED) is 0.175. The van der Waals surface area contributed by atoms with E-state index in [4.69, 9.17) is 19.9 Å². The summed E-state index contributed by atoms with van der Waals surface area (Å²) in [5.74, 6) is 0.657. The Balaban J connectivity index is 0.973. The monoisotopic (exact) mass is 877 g/mol. The van der Waals surface area contributed by atoms with Crippen LogP contribution in [0.5, 0.6) is 0 Å². The molecule has 14 rings (SSSR count). The molecule has 0 saturated carbocycles. The maximum atomic E-state index is 5.66. The average molecular weight is 878 g/mol. The number of fused-ring (bicyclic) bond motifs is 14. The molecule has 11 aromatic rings. The van der Waals surface area contributed by atoms with Crippen LogP contribution in [0.1, 0.15) is 22.3 Å². The molecule has 0 fully saturated rings. The van der Waals surface area contributed by atoms with Crippen molar-refractivity contribution in [1.82, 2.24) is 19.9 Å². The number of benzene rings is 8. The molecule has 3 aliphatic rings. The molecule has 0 saturated heterocycles. The van der Waals surface area contributed by atoms with Gasteiger partial charge in [0.05, 0.1) is 50.0 Å². The van der Waals surface area contributed by atoms with E-state index >= 15 is 0 Å². The molecule has 1 atom stereocenters. The van der Waals surface area contributed by atoms with Crippen LogP contribution in [0, 0.1) is 0 Å². The number of hydrogen-bond acceptors (Lipinski definition) is 7. The molecule has 0 bridgehead atoms. The van der Waals surface area contributed by atoms with E-state index in [-0.39, 0.29) is 0 Å². The Labute approximate surface area is 389 Å². The lowest BCUT2D eigenvalue weighted by Crippen LogP contribution is -2.32. The third-order valence-corrected chi connectivity index (χ3v) is 15.9. The van der Waals surface area contributed by atoms with E-state index in [0.29, 0.717) is 5.82 Å². The molecule has 0 radical (unpaired) electrons. The minimum absolute atomic E-state index is 0.653. The van der Waals surface area contributed by atoms with Gasteiger partial charge in [-0.25, -0.2) is 15.0 Å². The zero-order valence-corrected chi connectivity index (χ0v) is 36.9. The molecule has 1 aliphatic carbocycles. The Morgan fingerprint density at radius 1 is 0.394 bits per heavy atom. The first-order valence-electron chi connectivity index (χ1n) is 22.1. The van der Waals surface area contributed by atoms with Gasteiger partial charge >= 0.3 is 0 Å². The molecule has 66 heavy (non-hydrogen) atoms. The number of pyridine rings is 2. The highest BCUT2D eigenvalue weighted by Crippen LogP contribution is 2.65. The van der Waals surface area contributed by atoms with Gasteiger partial charge in [0, 0.05) is 48.6 Å². The second-order valence-corrected chi connectivity index (χ2v) is 19.0. The van der Waals surface area contributed by atoms with Gasteiger partial charge in [0.25, 0.3) is 0 Å². The van der Waals surface area contributed by atoms with Gasteiger partial charge in [-0.2, -0.15) is 0 Å². The van der Waals surface area contributed by atoms with Gasteiger partial charge in [-0.15, -0.1) is 0 Å². The maximum Gasteiger partial charge on any atom is 0.161 e. The molecule has 5 heterocycles. The summed E-state index contributed by atoms with van der Waals surface area (Å²) in [7, 11) is 0. The van der Waals surface area contributed by atoms with Crippen LogP contribution in [-0.4, -0.2) is 19.9 Å². The van der Waals surface area contributed by atoms with Gasteiger partial charge in [-0.05, 0) is 87.6 Å². The van der Waals surface area contributed by atoms with Gasteiger partial charge in [0.1, 0.15) is 0 Å². The molecule has 5 nitrogen and oxygen atoms in total.